The van der Waals surface area contributed by atoms with E-state index in [-0.39, 0.29) is 0 Å². The van der Waals surface area contributed by atoms with Crippen molar-refractivity contribution < 1.29 is 0 Å². The predicted molar refractivity (Wildman–Crippen MR) is 74.6 cm³/mol. The van der Waals surface area contributed by atoms with Crippen LogP contribution in [0.5, 0.6) is 0 Å². The van der Waals surface area contributed by atoms with Gasteiger partial charge in [0.15, 0.2) is 0 Å². The monoisotopic (exact) mass is 251 g/mol. The molecule has 0 bridgehead atoms. The average molecular weight is 251 g/mol. The Kier molecular flexibility index (Phi) is 4.26. The van der Waals surface area contributed by atoms with Gasteiger partial charge in [0.1, 0.15) is 0 Å². The summed E-state index contributed by atoms with van der Waals surface area (Å²) >= 11 is 2.00. The van der Waals surface area contributed by atoms with Crippen molar-refractivity contribution in [1.82, 2.24) is 9.97 Å². The quantitative estimate of drug-likeness (QED) is 0.891. The fourth-order valence-electron chi connectivity index (χ4n) is 2.42. The van der Waals surface area contributed by atoms with E-state index >= 15 is 0 Å². The van der Waals surface area contributed by atoms with Gasteiger partial charge in [-0.25, -0.2) is 9.97 Å². The zero-order chi connectivity index (χ0) is 12.1. The summed E-state index contributed by atoms with van der Waals surface area (Å²) in [6, 6.07) is 1.93. The second kappa shape index (κ2) is 5.71. The molecule has 1 aromatic rings. The Hall–Kier alpha value is -0.770. The zero-order valence-corrected chi connectivity index (χ0v) is 11.5. The zero-order valence-electron chi connectivity index (χ0n) is 10.7. The summed E-state index contributed by atoms with van der Waals surface area (Å²) in [5, 5.41) is 3.40. The molecule has 1 aliphatic rings. The lowest BCUT2D eigenvalue weighted by Crippen LogP contribution is -2.35. The molecular weight excluding hydrogens is 230 g/mol. The van der Waals surface area contributed by atoms with E-state index in [0.29, 0.717) is 4.75 Å². The molecule has 1 aliphatic carbocycles. The van der Waals surface area contributed by atoms with E-state index in [0.717, 1.165) is 18.2 Å². The molecule has 0 aromatic carbocycles. The minimum Gasteiger partial charge on any atom is -0.353 e. The molecule has 2 rings (SSSR count). The van der Waals surface area contributed by atoms with E-state index in [9.17, 15) is 0 Å². The van der Waals surface area contributed by atoms with Crippen molar-refractivity contribution in [1.29, 1.82) is 0 Å². The molecule has 0 unspecified atom stereocenters. The minimum absolute atomic E-state index is 0.394. The van der Waals surface area contributed by atoms with Gasteiger partial charge in [-0.05, 0) is 32.1 Å². The first-order chi connectivity index (χ1) is 8.24. The minimum atomic E-state index is 0.394. The largest absolute Gasteiger partial charge is 0.353 e. The number of hydrogen-bond donors (Lipinski definition) is 1. The Labute approximate surface area is 108 Å². The van der Waals surface area contributed by atoms with Crippen LogP contribution in [0.1, 0.15) is 37.8 Å². The van der Waals surface area contributed by atoms with Crippen LogP contribution < -0.4 is 5.32 Å². The van der Waals surface area contributed by atoms with Crippen molar-refractivity contribution in [3.8, 4) is 0 Å². The maximum absolute atomic E-state index is 4.39. The highest BCUT2D eigenvalue weighted by Gasteiger charge is 2.30. The van der Waals surface area contributed by atoms with Gasteiger partial charge >= 0.3 is 0 Å². The summed E-state index contributed by atoms with van der Waals surface area (Å²) < 4.78 is 0.394. The van der Waals surface area contributed by atoms with E-state index in [2.05, 4.69) is 21.5 Å². The van der Waals surface area contributed by atoms with Crippen molar-refractivity contribution in [2.45, 2.75) is 43.8 Å². The first-order valence-corrected chi connectivity index (χ1v) is 7.55. The third kappa shape index (κ3) is 3.35. The molecule has 4 heteroatoms. The van der Waals surface area contributed by atoms with Gasteiger partial charge < -0.3 is 5.32 Å². The second-order valence-corrected chi connectivity index (χ2v) is 6.10. The van der Waals surface area contributed by atoms with Crippen LogP contribution in [0.15, 0.2) is 12.3 Å². The number of nitrogens with one attached hydrogen (secondary N) is 1. The molecule has 3 nitrogen and oxygen atoms in total. The van der Waals surface area contributed by atoms with Gasteiger partial charge in [0, 0.05) is 23.2 Å². The van der Waals surface area contributed by atoms with Crippen LogP contribution in [-0.2, 0) is 0 Å². The first-order valence-electron chi connectivity index (χ1n) is 6.33. The molecule has 1 aromatic heterocycles. The van der Waals surface area contributed by atoms with Crippen LogP contribution in [0.2, 0.25) is 0 Å². The van der Waals surface area contributed by atoms with Crippen LogP contribution in [0.25, 0.3) is 0 Å². The molecule has 0 aliphatic heterocycles. The molecule has 1 fully saturated rings. The second-order valence-electron chi connectivity index (χ2n) is 4.82. The van der Waals surface area contributed by atoms with E-state index < -0.39 is 0 Å². The molecule has 1 heterocycles. The summed E-state index contributed by atoms with van der Waals surface area (Å²) in [6.45, 7) is 2.98. The van der Waals surface area contributed by atoms with Crippen molar-refractivity contribution in [3.05, 3.63) is 18.0 Å². The number of rotatable bonds is 4. The molecule has 0 saturated heterocycles. The number of hydrogen-bond acceptors (Lipinski definition) is 4. The van der Waals surface area contributed by atoms with Gasteiger partial charge in [0.05, 0.1) is 0 Å². The number of aryl methyl sites for hydroxylation is 1. The molecule has 0 spiro atoms. The van der Waals surface area contributed by atoms with Gasteiger partial charge in [-0.15, -0.1) is 0 Å². The highest BCUT2D eigenvalue weighted by atomic mass is 32.2. The van der Waals surface area contributed by atoms with Gasteiger partial charge in [-0.3, -0.25) is 0 Å². The Morgan fingerprint density at radius 3 is 2.76 bits per heavy atom. The number of aromatic nitrogens is 2. The maximum Gasteiger partial charge on any atom is 0.222 e. The van der Waals surface area contributed by atoms with Crippen LogP contribution in [-0.4, -0.2) is 27.5 Å². The van der Waals surface area contributed by atoms with Crippen LogP contribution >= 0.6 is 11.8 Å². The predicted octanol–water partition coefficient (Wildman–Crippen LogP) is 3.26. The Morgan fingerprint density at radius 2 is 2.12 bits per heavy atom. The number of nitrogens with zero attached hydrogens (tertiary/aromatic N) is 2. The van der Waals surface area contributed by atoms with Gasteiger partial charge in [0.2, 0.25) is 5.95 Å². The Balaban J connectivity index is 1.95. The average Bonchev–Trinajstić information content (AvgIpc) is 2.38. The normalized spacial score (nSPS) is 18.9. The number of anilines is 1. The van der Waals surface area contributed by atoms with Gasteiger partial charge in [0.25, 0.3) is 0 Å². The van der Waals surface area contributed by atoms with Crippen LogP contribution in [0.4, 0.5) is 5.95 Å². The molecule has 0 amide bonds. The summed E-state index contributed by atoms with van der Waals surface area (Å²) in [6.07, 6.45) is 10.8. The lowest BCUT2D eigenvalue weighted by molar-refractivity contribution is 0.411. The highest BCUT2D eigenvalue weighted by Crippen LogP contribution is 2.38. The van der Waals surface area contributed by atoms with E-state index in [1.165, 1.54) is 32.1 Å². The third-order valence-electron chi connectivity index (χ3n) is 3.56. The topological polar surface area (TPSA) is 37.8 Å². The summed E-state index contributed by atoms with van der Waals surface area (Å²) in [5.74, 6) is 0.768. The molecule has 94 valence electrons. The highest BCUT2D eigenvalue weighted by molar-refractivity contribution is 8.00. The fourth-order valence-corrected chi connectivity index (χ4v) is 3.34. The molecule has 0 radical (unpaired) electrons. The van der Waals surface area contributed by atoms with Gasteiger partial charge in [-0.1, -0.05) is 19.3 Å². The Morgan fingerprint density at radius 1 is 1.35 bits per heavy atom. The molecule has 0 atom stereocenters. The van der Waals surface area contributed by atoms with Crippen molar-refractivity contribution in [3.63, 3.8) is 0 Å². The Bertz CT molecular complexity index is 361. The molecule has 1 saturated carbocycles. The van der Waals surface area contributed by atoms with E-state index in [4.69, 9.17) is 0 Å². The first kappa shape index (κ1) is 12.7. The lowest BCUT2D eigenvalue weighted by atomic mass is 9.88. The smallest absolute Gasteiger partial charge is 0.222 e. The SMILES string of the molecule is CSC1(CNc2nccc(C)n2)CCCCC1. The maximum atomic E-state index is 4.39. The van der Waals surface area contributed by atoms with E-state index in [1.54, 1.807) is 0 Å². The van der Waals surface area contributed by atoms with Crippen LogP contribution in [0.3, 0.4) is 0 Å². The lowest BCUT2D eigenvalue weighted by Gasteiger charge is -2.35. The summed E-state index contributed by atoms with van der Waals surface area (Å²) in [5.41, 5.74) is 1.02. The van der Waals surface area contributed by atoms with Gasteiger partial charge in [-0.2, -0.15) is 11.8 Å². The van der Waals surface area contributed by atoms with Crippen molar-refractivity contribution in [2.24, 2.45) is 0 Å². The van der Waals surface area contributed by atoms with Crippen LogP contribution in [0, 0.1) is 6.92 Å². The standard InChI is InChI=1S/C13H21N3S/c1-11-6-9-14-12(16-11)15-10-13(17-2)7-4-3-5-8-13/h6,9H,3-5,7-8,10H2,1-2H3,(H,14,15,16). The summed E-state index contributed by atoms with van der Waals surface area (Å²) in [7, 11) is 0. The van der Waals surface area contributed by atoms with Crippen molar-refractivity contribution in [2.75, 3.05) is 18.1 Å². The molecule has 1 N–H and O–H groups in total. The summed E-state index contributed by atoms with van der Waals surface area (Å²) in [4.78, 5) is 8.65. The van der Waals surface area contributed by atoms with Crippen molar-refractivity contribution >= 4 is 17.7 Å². The fraction of sp³-hybridized carbons (Fsp3) is 0.692. The van der Waals surface area contributed by atoms with E-state index in [1.807, 2.05) is 30.9 Å². The number of thioether (sulfide) groups is 1. The third-order valence-corrected chi connectivity index (χ3v) is 4.98. The molecular formula is C13H21N3S. The molecule has 17 heavy (non-hydrogen) atoms.